The van der Waals surface area contributed by atoms with Gasteiger partial charge in [0.15, 0.2) is 0 Å². The number of piperidine rings is 1. The molecule has 2 unspecified atom stereocenters. The molecule has 6 nitrogen and oxygen atoms in total. The van der Waals surface area contributed by atoms with Crippen LogP contribution in [0.4, 0.5) is 5.69 Å². The van der Waals surface area contributed by atoms with Crippen LogP contribution in [0.5, 0.6) is 5.75 Å². The number of rotatable bonds is 4. The Balaban J connectivity index is 2.32. The molecule has 0 aromatic heterocycles. The highest BCUT2D eigenvalue weighted by molar-refractivity contribution is 7.89. The van der Waals surface area contributed by atoms with E-state index in [0.717, 1.165) is 19.3 Å². The maximum Gasteiger partial charge on any atom is 0.257 e. The third kappa shape index (κ3) is 3.48. The molecule has 21 heavy (non-hydrogen) atoms. The summed E-state index contributed by atoms with van der Waals surface area (Å²) in [4.78, 5) is 2.75. The van der Waals surface area contributed by atoms with Crippen molar-refractivity contribution < 1.29 is 13.2 Å². The minimum Gasteiger partial charge on any atom is -0.495 e. The van der Waals surface area contributed by atoms with Crippen molar-refractivity contribution >= 4 is 15.7 Å². The smallest absolute Gasteiger partial charge is 0.257 e. The zero-order chi connectivity index (χ0) is 15.6. The molecule has 1 heterocycles. The van der Waals surface area contributed by atoms with E-state index in [9.17, 15) is 8.42 Å². The summed E-state index contributed by atoms with van der Waals surface area (Å²) in [7, 11) is -2.28. The first-order chi connectivity index (χ1) is 9.85. The van der Waals surface area contributed by atoms with Gasteiger partial charge in [-0.2, -0.15) is 0 Å². The van der Waals surface area contributed by atoms with Gasteiger partial charge in [0, 0.05) is 17.8 Å². The lowest BCUT2D eigenvalue weighted by molar-refractivity contribution is 0.0790. The number of nitrogens with one attached hydrogen (secondary N) is 1. The number of nitrogens with zero attached hydrogens (tertiary/aromatic N) is 1. The summed E-state index contributed by atoms with van der Waals surface area (Å²) in [6.45, 7) is 4.05. The first kappa shape index (κ1) is 16.1. The topological polar surface area (TPSA) is 84.7 Å². The number of ether oxygens (including phenoxy) is 1. The summed E-state index contributed by atoms with van der Waals surface area (Å²) in [5, 5.41) is 1.81. The van der Waals surface area contributed by atoms with Crippen LogP contribution < -0.4 is 15.3 Å². The van der Waals surface area contributed by atoms with Crippen LogP contribution in [0.1, 0.15) is 33.1 Å². The molecule has 0 aliphatic carbocycles. The van der Waals surface area contributed by atoms with Crippen LogP contribution in [0.15, 0.2) is 23.1 Å². The Kier molecular flexibility index (Phi) is 4.75. The molecule has 118 valence electrons. The molecular formula is C14H23N3O3S. The van der Waals surface area contributed by atoms with Crippen molar-refractivity contribution in [2.45, 2.75) is 50.1 Å². The third-order valence-corrected chi connectivity index (χ3v) is 5.25. The Labute approximate surface area is 126 Å². The third-order valence-electron chi connectivity index (χ3n) is 3.90. The number of sulfonamides is 1. The largest absolute Gasteiger partial charge is 0.495 e. The van der Waals surface area contributed by atoms with Gasteiger partial charge in [0.2, 0.25) is 0 Å². The van der Waals surface area contributed by atoms with Gasteiger partial charge in [-0.15, -0.1) is 4.83 Å². The van der Waals surface area contributed by atoms with E-state index in [0.29, 0.717) is 5.69 Å². The number of nitrogen functional groups attached to an aromatic ring is 1. The molecule has 3 N–H and O–H groups in total. The summed E-state index contributed by atoms with van der Waals surface area (Å²) in [5.74, 6) is 0.286. The fraction of sp³-hybridized carbons (Fsp3) is 0.571. The van der Waals surface area contributed by atoms with Crippen molar-refractivity contribution in [1.29, 1.82) is 0 Å². The molecule has 1 aliphatic rings. The molecule has 0 amide bonds. The summed E-state index contributed by atoms with van der Waals surface area (Å²) in [6.07, 6.45) is 3.06. The van der Waals surface area contributed by atoms with Gasteiger partial charge < -0.3 is 10.5 Å². The highest BCUT2D eigenvalue weighted by atomic mass is 32.2. The number of hydrogen-bond acceptors (Lipinski definition) is 5. The van der Waals surface area contributed by atoms with Crippen LogP contribution in [0, 0.1) is 0 Å². The van der Waals surface area contributed by atoms with E-state index in [-0.39, 0.29) is 22.7 Å². The van der Waals surface area contributed by atoms with Gasteiger partial charge in [-0.1, -0.05) is 6.42 Å². The zero-order valence-corrected chi connectivity index (χ0v) is 13.5. The number of hydrogen-bond donors (Lipinski definition) is 2. The van der Waals surface area contributed by atoms with Gasteiger partial charge in [-0.05, 0) is 44.9 Å². The molecule has 1 aliphatic heterocycles. The Bertz CT molecular complexity index is 593. The maximum absolute atomic E-state index is 12.6. The van der Waals surface area contributed by atoms with Gasteiger partial charge in [0.1, 0.15) is 10.6 Å². The molecule has 2 rings (SSSR count). The number of benzene rings is 1. The molecular weight excluding hydrogens is 290 g/mol. The normalized spacial score (nSPS) is 24.0. The molecule has 0 bridgehead atoms. The Morgan fingerprint density at radius 3 is 2.48 bits per heavy atom. The van der Waals surface area contributed by atoms with Crippen LogP contribution in [0.3, 0.4) is 0 Å². The van der Waals surface area contributed by atoms with Gasteiger partial charge in [-0.3, -0.25) is 0 Å². The monoisotopic (exact) mass is 313 g/mol. The van der Waals surface area contributed by atoms with Gasteiger partial charge >= 0.3 is 0 Å². The molecule has 7 heteroatoms. The summed E-state index contributed by atoms with van der Waals surface area (Å²) >= 11 is 0. The van der Waals surface area contributed by atoms with Crippen molar-refractivity contribution in [3.63, 3.8) is 0 Å². The molecule has 1 fully saturated rings. The second-order valence-electron chi connectivity index (χ2n) is 5.54. The zero-order valence-electron chi connectivity index (χ0n) is 12.7. The fourth-order valence-electron chi connectivity index (χ4n) is 2.69. The average Bonchev–Trinajstić information content (AvgIpc) is 2.43. The predicted octanol–water partition coefficient (Wildman–Crippen LogP) is 1.73. The minimum absolute atomic E-state index is 0.0648. The molecule has 1 saturated heterocycles. The maximum atomic E-state index is 12.6. The lowest BCUT2D eigenvalue weighted by Gasteiger charge is -2.38. The quantitative estimate of drug-likeness (QED) is 0.827. The Morgan fingerprint density at radius 1 is 1.29 bits per heavy atom. The summed E-state index contributed by atoms with van der Waals surface area (Å²) < 4.78 is 30.4. The van der Waals surface area contributed by atoms with Crippen LogP contribution in [0.25, 0.3) is 0 Å². The van der Waals surface area contributed by atoms with E-state index in [4.69, 9.17) is 10.5 Å². The Hall–Kier alpha value is -1.31. The molecule has 0 saturated carbocycles. The van der Waals surface area contributed by atoms with Crippen molar-refractivity contribution in [2.24, 2.45) is 0 Å². The lowest BCUT2D eigenvalue weighted by atomic mass is 10.0. The van der Waals surface area contributed by atoms with Crippen LogP contribution in [-0.2, 0) is 10.0 Å². The summed E-state index contributed by atoms with van der Waals surface area (Å²) in [6, 6.07) is 4.92. The van der Waals surface area contributed by atoms with Gasteiger partial charge in [0.05, 0.1) is 7.11 Å². The fourth-order valence-corrected chi connectivity index (χ4v) is 4.14. The number of nitrogens with two attached hydrogens (primary N) is 1. The molecule has 0 radical (unpaired) electrons. The van der Waals surface area contributed by atoms with Crippen LogP contribution in [-0.4, -0.2) is 32.6 Å². The standard InChI is InChI=1S/C14H23N3O3S/c1-10-5-4-6-11(2)17(10)16-21(18,19)14-9-12(15)7-8-13(14)20-3/h7-11,16H,4-6,15H2,1-3H3. The molecule has 1 aromatic rings. The van der Waals surface area contributed by atoms with E-state index >= 15 is 0 Å². The van der Waals surface area contributed by atoms with Crippen molar-refractivity contribution in [3.8, 4) is 5.75 Å². The molecule has 2 atom stereocenters. The average molecular weight is 313 g/mol. The number of methoxy groups -OCH3 is 1. The SMILES string of the molecule is COc1ccc(N)cc1S(=O)(=O)NN1C(C)CCCC1C. The van der Waals surface area contributed by atoms with Crippen molar-refractivity contribution in [2.75, 3.05) is 12.8 Å². The van der Waals surface area contributed by atoms with Crippen molar-refractivity contribution in [1.82, 2.24) is 9.84 Å². The van der Waals surface area contributed by atoms with Gasteiger partial charge in [-0.25, -0.2) is 13.4 Å². The van der Waals surface area contributed by atoms with Crippen LogP contribution in [0.2, 0.25) is 0 Å². The highest BCUT2D eigenvalue weighted by Crippen LogP contribution is 2.27. The second kappa shape index (κ2) is 6.21. The molecule has 0 spiro atoms. The number of anilines is 1. The Morgan fingerprint density at radius 2 is 1.90 bits per heavy atom. The molecule has 1 aromatic carbocycles. The van der Waals surface area contributed by atoms with Crippen LogP contribution >= 0.6 is 0 Å². The number of hydrazine groups is 1. The summed E-state index contributed by atoms with van der Waals surface area (Å²) in [5.41, 5.74) is 6.09. The lowest BCUT2D eigenvalue weighted by Crippen LogP contribution is -2.53. The van der Waals surface area contributed by atoms with E-state index < -0.39 is 10.0 Å². The van der Waals surface area contributed by atoms with Gasteiger partial charge in [0.25, 0.3) is 10.0 Å². The van der Waals surface area contributed by atoms with E-state index in [1.807, 2.05) is 18.9 Å². The van der Waals surface area contributed by atoms with E-state index in [1.54, 1.807) is 12.1 Å². The van der Waals surface area contributed by atoms with Crippen molar-refractivity contribution in [3.05, 3.63) is 18.2 Å². The highest BCUT2D eigenvalue weighted by Gasteiger charge is 2.30. The first-order valence-corrected chi connectivity index (χ1v) is 8.58. The predicted molar refractivity (Wildman–Crippen MR) is 82.3 cm³/mol. The minimum atomic E-state index is -3.72. The second-order valence-corrected chi connectivity index (χ2v) is 7.17. The van der Waals surface area contributed by atoms with E-state index in [2.05, 4.69) is 4.83 Å². The first-order valence-electron chi connectivity index (χ1n) is 7.09. The van der Waals surface area contributed by atoms with E-state index in [1.165, 1.54) is 13.2 Å².